The molecule has 1 aromatic rings. The van der Waals surface area contributed by atoms with Gasteiger partial charge in [-0.25, -0.2) is 9.78 Å². The highest BCUT2D eigenvalue weighted by molar-refractivity contribution is 6.28. The topological polar surface area (TPSA) is 147 Å². The number of nitrogens with zero attached hydrogens (tertiary/aromatic N) is 3. The molecule has 4 N–H and O–H groups in total. The minimum absolute atomic E-state index is 0.0947. The summed E-state index contributed by atoms with van der Waals surface area (Å²) >= 11 is 5.86. The van der Waals surface area contributed by atoms with E-state index in [0.717, 1.165) is 37.3 Å². The van der Waals surface area contributed by atoms with Crippen LogP contribution in [0.4, 0.5) is 16.3 Å². The molecule has 0 radical (unpaired) electrons. The second kappa shape index (κ2) is 15.0. The Morgan fingerprint density at radius 2 is 2.00 bits per heavy atom. The Bertz CT molecular complexity index is 778. The molecule has 12 heteroatoms. The largest absolute Gasteiger partial charge is 0.447 e. The first-order valence-corrected chi connectivity index (χ1v) is 11.6. The first kappa shape index (κ1) is 30.0. The monoisotopic (exact) mass is 503 g/mol. The molecular weight excluding hydrogens is 466 g/mol. The van der Waals surface area contributed by atoms with Crippen molar-refractivity contribution in [3.63, 3.8) is 0 Å². The Morgan fingerprint density at radius 1 is 1.32 bits per heavy atom. The molecule has 1 aromatic heterocycles. The number of alkyl carbamates (subject to hydrolysis) is 1. The predicted octanol–water partition coefficient (Wildman–Crippen LogP) is 2.98. The van der Waals surface area contributed by atoms with E-state index in [2.05, 4.69) is 25.6 Å². The quantitative estimate of drug-likeness (QED) is 0.270. The van der Waals surface area contributed by atoms with E-state index in [0.29, 0.717) is 25.1 Å². The van der Waals surface area contributed by atoms with Crippen molar-refractivity contribution in [2.24, 2.45) is 4.99 Å². The second-order valence-corrected chi connectivity index (χ2v) is 8.69. The summed E-state index contributed by atoms with van der Waals surface area (Å²) in [7, 11) is 1.54. The molecule has 3 atom stereocenters. The third-order valence-corrected chi connectivity index (χ3v) is 4.65. The average molecular weight is 504 g/mol. The van der Waals surface area contributed by atoms with E-state index in [1.54, 1.807) is 13.3 Å². The smallest absolute Gasteiger partial charge is 0.406 e. The van der Waals surface area contributed by atoms with E-state index >= 15 is 0 Å². The number of anilines is 1. The first-order valence-electron chi connectivity index (χ1n) is 11.2. The summed E-state index contributed by atoms with van der Waals surface area (Å²) in [6, 6.07) is 0.270. The van der Waals surface area contributed by atoms with Gasteiger partial charge in [0, 0.05) is 19.9 Å². The molecule has 0 saturated carbocycles. The number of aromatic nitrogens is 2. The van der Waals surface area contributed by atoms with Crippen molar-refractivity contribution in [1.29, 1.82) is 0 Å². The van der Waals surface area contributed by atoms with Crippen LogP contribution in [0.2, 0.25) is 5.28 Å². The van der Waals surface area contributed by atoms with Crippen molar-refractivity contribution < 1.29 is 29.2 Å². The number of aryl methyl sites for hydroxylation is 1. The number of ether oxygens (including phenoxy) is 3. The number of nitrogens with one attached hydrogen (secondary N) is 2. The van der Waals surface area contributed by atoms with E-state index in [9.17, 15) is 4.79 Å². The van der Waals surface area contributed by atoms with Gasteiger partial charge in [-0.05, 0) is 65.5 Å². The number of halogens is 1. The molecular formula is C22H38ClN5O6. The Kier molecular flexibility index (Phi) is 13.3. The third-order valence-electron chi connectivity index (χ3n) is 4.48. The van der Waals surface area contributed by atoms with Crippen molar-refractivity contribution in [1.82, 2.24) is 15.3 Å². The molecule has 0 spiro atoms. The van der Waals surface area contributed by atoms with Crippen LogP contribution in [0, 0.1) is 6.92 Å². The van der Waals surface area contributed by atoms with Crippen LogP contribution in [0.25, 0.3) is 0 Å². The van der Waals surface area contributed by atoms with Crippen molar-refractivity contribution in [2.45, 2.75) is 77.9 Å². The molecule has 11 nitrogen and oxygen atoms in total. The maximum absolute atomic E-state index is 10.7. The fourth-order valence-electron chi connectivity index (χ4n) is 3.01. The van der Waals surface area contributed by atoms with E-state index in [4.69, 9.17) is 36.0 Å². The van der Waals surface area contributed by atoms with E-state index in [-0.39, 0.29) is 17.4 Å². The number of amides is 1. The van der Waals surface area contributed by atoms with Gasteiger partial charge >= 0.3 is 6.09 Å². The maximum atomic E-state index is 10.7. The van der Waals surface area contributed by atoms with Gasteiger partial charge in [0.2, 0.25) is 5.28 Å². The summed E-state index contributed by atoms with van der Waals surface area (Å²) in [5.41, 5.74) is 1.51. The highest BCUT2D eigenvalue weighted by Crippen LogP contribution is 2.28. The lowest BCUT2D eigenvalue weighted by molar-refractivity contribution is -0.127. The Labute approximate surface area is 206 Å². The molecule has 34 heavy (non-hydrogen) atoms. The van der Waals surface area contributed by atoms with Gasteiger partial charge in [-0.2, -0.15) is 4.98 Å². The Morgan fingerprint density at radius 3 is 2.50 bits per heavy atom. The van der Waals surface area contributed by atoms with Gasteiger partial charge < -0.3 is 35.1 Å². The van der Waals surface area contributed by atoms with Crippen molar-refractivity contribution in [3.8, 4) is 0 Å². The zero-order valence-electron chi connectivity index (χ0n) is 20.8. The number of hydrogen-bond donors (Lipinski definition) is 4. The summed E-state index contributed by atoms with van der Waals surface area (Å²) in [6.45, 7) is 10.2. The molecule has 0 aliphatic carbocycles. The average Bonchev–Trinajstić information content (AvgIpc) is 3.39. The molecule has 0 aromatic carbocycles. The summed E-state index contributed by atoms with van der Waals surface area (Å²) < 4.78 is 15.6. The zero-order chi connectivity index (χ0) is 25.7. The van der Waals surface area contributed by atoms with Crippen molar-refractivity contribution in [2.75, 3.05) is 32.2 Å². The molecule has 1 amide bonds. The summed E-state index contributed by atoms with van der Waals surface area (Å²) in [5, 5.41) is 22.1. The van der Waals surface area contributed by atoms with Crippen LogP contribution in [0.5, 0.6) is 0 Å². The fraction of sp³-hybridized carbons (Fsp3) is 0.727. The molecule has 2 fully saturated rings. The molecule has 2 aliphatic heterocycles. The highest BCUT2D eigenvalue weighted by atomic mass is 35.5. The number of rotatable bonds is 5. The van der Waals surface area contributed by atoms with Gasteiger partial charge in [0.15, 0.2) is 11.6 Å². The van der Waals surface area contributed by atoms with Gasteiger partial charge in [-0.3, -0.25) is 4.99 Å². The lowest BCUT2D eigenvalue weighted by Gasteiger charge is -2.14. The number of carbonyl (C=O) groups is 1. The molecule has 2 saturated heterocycles. The standard InChI is InChI=1S/C11H15ClN4O.C8H15NO3.C3H8O2/c1-3-13-9-7(2)14-11(12)16-10(9)15-8-4-5-17-6-8;1-6-3-4-7(12-6)5-11-8(10)9-2;1-3(2,4)5/h3,8H,4-6H2,1-2H3,(H,14,15,16);6-7H,3-5H2,1-2H3,(H,9,10);4-5H,1-2H3/t8-;6?,7-;/m10./s1. The van der Waals surface area contributed by atoms with Gasteiger partial charge in [-0.1, -0.05) is 0 Å². The molecule has 3 heterocycles. The van der Waals surface area contributed by atoms with Crippen molar-refractivity contribution in [3.05, 3.63) is 11.0 Å². The van der Waals surface area contributed by atoms with Gasteiger partial charge in [0.25, 0.3) is 0 Å². The van der Waals surface area contributed by atoms with Crippen LogP contribution >= 0.6 is 11.6 Å². The van der Waals surface area contributed by atoms with E-state index in [1.165, 1.54) is 13.8 Å². The lowest BCUT2D eigenvalue weighted by atomic mass is 10.2. The first-order chi connectivity index (χ1) is 15.9. The van der Waals surface area contributed by atoms with Crippen LogP contribution in [-0.2, 0) is 14.2 Å². The predicted molar refractivity (Wildman–Crippen MR) is 131 cm³/mol. The summed E-state index contributed by atoms with van der Waals surface area (Å²) in [4.78, 5) is 23.2. The number of aliphatic imine (C=N–C) groups is 1. The van der Waals surface area contributed by atoms with Gasteiger partial charge in [-0.15, -0.1) is 0 Å². The minimum atomic E-state index is -1.50. The SMILES string of the molecule is CC(C)(O)O.CC=Nc1c(C)nc(Cl)nc1N[C@@H]1CCOC1.CNC(=O)OC[C@@H]1CCC(C)O1. The van der Waals surface area contributed by atoms with Crippen LogP contribution < -0.4 is 10.6 Å². The summed E-state index contributed by atoms with van der Waals surface area (Å²) in [5.74, 6) is -0.823. The van der Waals surface area contributed by atoms with E-state index < -0.39 is 11.9 Å². The molecule has 194 valence electrons. The Balaban J connectivity index is 0.000000296. The molecule has 1 unspecified atom stereocenters. The van der Waals surface area contributed by atoms with Gasteiger partial charge in [0.05, 0.1) is 30.6 Å². The minimum Gasteiger partial charge on any atom is -0.447 e. The number of carbonyl (C=O) groups excluding carboxylic acids is 1. The number of aliphatic hydroxyl groups is 2. The lowest BCUT2D eigenvalue weighted by Crippen LogP contribution is -2.25. The van der Waals surface area contributed by atoms with Crippen LogP contribution in [0.1, 0.15) is 52.7 Å². The fourth-order valence-corrected chi connectivity index (χ4v) is 3.22. The second-order valence-electron chi connectivity index (χ2n) is 8.36. The van der Waals surface area contributed by atoms with E-state index in [1.807, 2.05) is 20.8 Å². The third kappa shape index (κ3) is 13.0. The van der Waals surface area contributed by atoms with Gasteiger partial charge in [0.1, 0.15) is 12.3 Å². The van der Waals surface area contributed by atoms with Crippen LogP contribution in [0.15, 0.2) is 4.99 Å². The zero-order valence-corrected chi connectivity index (χ0v) is 21.6. The number of hydrogen-bond acceptors (Lipinski definition) is 10. The van der Waals surface area contributed by atoms with Crippen LogP contribution in [-0.4, -0.2) is 83.4 Å². The molecule has 2 aliphatic rings. The normalized spacial score (nSPS) is 21.9. The molecule has 0 bridgehead atoms. The van der Waals surface area contributed by atoms with Crippen LogP contribution in [0.3, 0.4) is 0 Å². The Hall–Kier alpha value is -2.05. The van der Waals surface area contributed by atoms with Crippen molar-refractivity contribution >= 4 is 35.4 Å². The summed E-state index contributed by atoms with van der Waals surface area (Å²) in [6.07, 6.45) is 4.74. The maximum Gasteiger partial charge on any atom is 0.406 e. The highest BCUT2D eigenvalue weighted by Gasteiger charge is 2.22. The molecule has 3 rings (SSSR count).